The smallest absolute Gasteiger partial charge is 0.211 e. The van der Waals surface area contributed by atoms with Crippen LogP contribution in [-0.2, 0) is 0 Å². The number of hydrazone groups is 2. The van der Waals surface area contributed by atoms with Crippen LogP contribution in [0.4, 0.5) is 0 Å². The van der Waals surface area contributed by atoms with E-state index in [-0.39, 0.29) is 5.50 Å². The Morgan fingerprint density at radius 1 is 1.38 bits per heavy atom. The van der Waals surface area contributed by atoms with Crippen LogP contribution >= 0.6 is 12.6 Å². The maximum Gasteiger partial charge on any atom is 0.211 e. The summed E-state index contributed by atoms with van der Waals surface area (Å²) in [7, 11) is 5.20. The third kappa shape index (κ3) is 7.07. The number of thiol groups is 1. The highest BCUT2D eigenvalue weighted by atomic mass is 32.1. The van der Waals surface area contributed by atoms with Gasteiger partial charge in [-0.05, 0) is 14.0 Å². The molecule has 0 aliphatic carbocycles. The molecule has 0 fully saturated rings. The maximum atomic E-state index is 4.13. The summed E-state index contributed by atoms with van der Waals surface area (Å²) >= 11 is 4.13. The minimum Gasteiger partial charge on any atom is -0.358 e. The molecule has 0 aromatic heterocycles. The zero-order valence-electron chi connectivity index (χ0n) is 9.94. The summed E-state index contributed by atoms with van der Waals surface area (Å²) in [6.45, 7) is 1.81. The average Bonchev–Trinajstić information content (AvgIpc) is 2.30. The Balaban J connectivity index is 4.04. The third-order valence-corrected chi connectivity index (χ3v) is 1.89. The second kappa shape index (κ2) is 8.98. The van der Waals surface area contributed by atoms with Gasteiger partial charge < -0.3 is 5.32 Å². The van der Waals surface area contributed by atoms with Gasteiger partial charge in [0.25, 0.3) is 0 Å². The number of nitrogens with one attached hydrogen (secondary N) is 4. The summed E-state index contributed by atoms with van der Waals surface area (Å²) in [5, 5.41) is 13.7. The van der Waals surface area contributed by atoms with Gasteiger partial charge in [-0.2, -0.15) is 10.2 Å². The number of hydrogen-bond acceptors (Lipinski definition) is 6. The van der Waals surface area contributed by atoms with Gasteiger partial charge in [0.2, 0.25) is 5.96 Å². The minimum atomic E-state index is -0.179. The van der Waals surface area contributed by atoms with Crippen LogP contribution in [0.15, 0.2) is 15.2 Å². The van der Waals surface area contributed by atoms with Crippen molar-refractivity contribution in [1.82, 2.24) is 21.5 Å². The number of aliphatic imine (C=N–C) groups is 1. The molecule has 0 bridgehead atoms. The monoisotopic (exact) mass is 245 g/mol. The first kappa shape index (κ1) is 14.7. The predicted octanol–water partition coefficient (Wildman–Crippen LogP) is -0.835. The van der Waals surface area contributed by atoms with E-state index in [0.29, 0.717) is 11.7 Å². The lowest BCUT2D eigenvalue weighted by Gasteiger charge is -2.07. The predicted molar refractivity (Wildman–Crippen MR) is 72.1 cm³/mol. The zero-order chi connectivity index (χ0) is 12.4. The molecule has 0 radical (unpaired) electrons. The van der Waals surface area contributed by atoms with Crippen molar-refractivity contribution >= 4 is 30.5 Å². The topological polar surface area (TPSA) is 85.2 Å². The third-order valence-electron chi connectivity index (χ3n) is 1.52. The van der Waals surface area contributed by atoms with Crippen LogP contribution < -0.4 is 21.5 Å². The van der Waals surface area contributed by atoms with Crippen LogP contribution in [-0.4, -0.2) is 44.5 Å². The molecule has 0 heterocycles. The summed E-state index contributed by atoms with van der Waals surface area (Å²) < 4.78 is 0. The lowest BCUT2D eigenvalue weighted by atomic mass is 10.5. The molecule has 7 nitrogen and oxygen atoms in total. The number of guanidine groups is 1. The maximum absolute atomic E-state index is 4.13. The molecule has 0 saturated heterocycles. The molecular formula is C8H19N7S. The molecule has 16 heavy (non-hydrogen) atoms. The fourth-order valence-corrected chi connectivity index (χ4v) is 0.720. The molecule has 0 aliphatic heterocycles. The molecule has 0 amide bonds. The van der Waals surface area contributed by atoms with E-state index < -0.39 is 0 Å². The van der Waals surface area contributed by atoms with Crippen molar-refractivity contribution in [3.63, 3.8) is 0 Å². The Morgan fingerprint density at radius 3 is 2.56 bits per heavy atom. The van der Waals surface area contributed by atoms with Gasteiger partial charge in [0.15, 0.2) is 0 Å². The fourth-order valence-electron chi connectivity index (χ4n) is 0.654. The first-order chi connectivity index (χ1) is 7.63. The van der Waals surface area contributed by atoms with Gasteiger partial charge in [-0.1, -0.05) is 0 Å². The highest BCUT2D eigenvalue weighted by molar-refractivity contribution is 7.80. The van der Waals surface area contributed by atoms with E-state index >= 15 is 0 Å². The van der Waals surface area contributed by atoms with Gasteiger partial charge >= 0.3 is 0 Å². The van der Waals surface area contributed by atoms with Crippen molar-refractivity contribution in [1.29, 1.82) is 0 Å². The largest absolute Gasteiger partial charge is 0.358 e. The Labute approximate surface area is 101 Å². The van der Waals surface area contributed by atoms with Crippen molar-refractivity contribution in [2.24, 2.45) is 15.2 Å². The summed E-state index contributed by atoms with van der Waals surface area (Å²) in [5.74, 6) is 0.586. The molecule has 4 N–H and O–H groups in total. The summed E-state index contributed by atoms with van der Waals surface area (Å²) in [6, 6.07) is 0. The zero-order valence-corrected chi connectivity index (χ0v) is 10.8. The van der Waals surface area contributed by atoms with Crippen LogP contribution in [0.2, 0.25) is 0 Å². The molecule has 0 saturated carbocycles. The highest BCUT2D eigenvalue weighted by Gasteiger charge is 1.92. The van der Waals surface area contributed by atoms with E-state index in [1.165, 1.54) is 0 Å². The molecule has 0 spiro atoms. The van der Waals surface area contributed by atoms with Gasteiger partial charge in [-0.25, -0.2) is 5.43 Å². The Kier molecular flexibility index (Phi) is 8.26. The summed E-state index contributed by atoms with van der Waals surface area (Å²) in [4.78, 5) is 3.91. The molecule has 0 aromatic carbocycles. The lowest BCUT2D eigenvalue weighted by molar-refractivity contribution is 0.622. The Bertz CT molecular complexity index is 274. The normalized spacial score (nSPS) is 15.1. The van der Waals surface area contributed by atoms with Crippen molar-refractivity contribution in [2.45, 2.75) is 12.4 Å². The van der Waals surface area contributed by atoms with Crippen LogP contribution in [0.25, 0.3) is 0 Å². The second-order valence-corrected chi connectivity index (χ2v) is 3.28. The molecular weight excluding hydrogens is 226 g/mol. The van der Waals surface area contributed by atoms with Gasteiger partial charge in [-0.15, -0.1) is 12.6 Å². The van der Waals surface area contributed by atoms with Crippen LogP contribution in [0.1, 0.15) is 6.92 Å². The first-order valence-corrected chi connectivity index (χ1v) is 5.24. The number of rotatable bonds is 5. The van der Waals surface area contributed by atoms with Gasteiger partial charge in [-0.3, -0.25) is 15.7 Å². The standard InChI is InChI=1S/C8H19N7S/c1-6(5-12-15-8(16)11-4)13-14-7(9-2)10-3/h5,8,11,15-16H,1-4H3,(H2,9,10,14). The van der Waals surface area contributed by atoms with Crippen LogP contribution in [0, 0.1) is 0 Å². The average molecular weight is 245 g/mol. The lowest BCUT2D eigenvalue weighted by Crippen LogP contribution is -2.32. The quantitative estimate of drug-likeness (QED) is 0.144. The summed E-state index contributed by atoms with van der Waals surface area (Å²) in [6.07, 6.45) is 1.58. The highest BCUT2D eigenvalue weighted by Crippen LogP contribution is 1.80. The van der Waals surface area contributed by atoms with Gasteiger partial charge in [0, 0.05) is 14.1 Å². The molecule has 8 heteroatoms. The van der Waals surface area contributed by atoms with Crippen LogP contribution in [0.5, 0.6) is 0 Å². The van der Waals surface area contributed by atoms with Crippen molar-refractivity contribution in [3.05, 3.63) is 0 Å². The number of hydrogen-bond donors (Lipinski definition) is 5. The minimum absolute atomic E-state index is 0.179. The van der Waals surface area contributed by atoms with E-state index in [1.807, 2.05) is 6.92 Å². The van der Waals surface area contributed by atoms with Gasteiger partial charge in [0.1, 0.15) is 5.50 Å². The summed E-state index contributed by atoms with van der Waals surface area (Å²) in [5.41, 5.74) is 6.02. The Hall–Kier alpha value is -1.28. The molecule has 0 aliphatic rings. The van der Waals surface area contributed by atoms with Crippen LogP contribution in [0.3, 0.4) is 0 Å². The van der Waals surface area contributed by atoms with Gasteiger partial charge in [0.05, 0.1) is 11.9 Å². The molecule has 1 atom stereocenters. The van der Waals surface area contributed by atoms with E-state index in [9.17, 15) is 0 Å². The number of nitrogens with zero attached hydrogens (tertiary/aromatic N) is 3. The van der Waals surface area contributed by atoms with E-state index in [4.69, 9.17) is 0 Å². The SMILES string of the molecule is CN=C(NC)NN=C(C)C=NNC(S)NC. The van der Waals surface area contributed by atoms with E-state index in [0.717, 1.165) is 0 Å². The Morgan fingerprint density at radius 2 is 2.06 bits per heavy atom. The van der Waals surface area contributed by atoms with E-state index in [1.54, 1.807) is 27.4 Å². The first-order valence-electron chi connectivity index (χ1n) is 4.72. The molecule has 92 valence electrons. The van der Waals surface area contributed by atoms with Crippen molar-refractivity contribution < 1.29 is 0 Å². The van der Waals surface area contributed by atoms with Crippen molar-refractivity contribution in [2.75, 3.05) is 21.1 Å². The molecule has 0 rings (SSSR count). The van der Waals surface area contributed by atoms with Crippen molar-refractivity contribution in [3.8, 4) is 0 Å². The molecule has 1 unspecified atom stereocenters. The second-order valence-electron chi connectivity index (χ2n) is 2.77. The molecule has 0 aromatic rings. The fraction of sp³-hybridized carbons (Fsp3) is 0.625. The van der Waals surface area contributed by atoms with E-state index in [2.05, 4.69) is 49.3 Å².